The maximum absolute atomic E-state index is 12.4. The van der Waals surface area contributed by atoms with E-state index in [9.17, 15) is 4.79 Å². The van der Waals surface area contributed by atoms with Gasteiger partial charge in [0, 0.05) is 38.1 Å². The van der Waals surface area contributed by atoms with Gasteiger partial charge in [-0.25, -0.2) is 0 Å². The largest absolute Gasteiger partial charge is 0.493 e. The van der Waals surface area contributed by atoms with Crippen LogP contribution in [0, 0.1) is 0 Å². The van der Waals surface area contributed by atoms with Gasteiger partial charge in [0.25, 0.3) is 5.91 Å². The summed E-state index contributed by atoms with van der Waals surface area (Å²) in [6.07, 6.45) is 0. The van der Waals surface area contributed by atoms with E-state index in [-0.39, 0.29) is 5.91 Å². The van der Waals surface area contributed by atoms with Crippen molar-refractivity contribution in [1.82, 2.24) is 9.80 Å². The maximum atomic E-state index is 12.4. The predicted octanol–water partition coefficient (Wildman–Crippen LogP) is 2.72. The SMILES string of the molecule is COc1ccc(CN2CCN(C(=O)c3ccsc3)CC2)cc1OC. The van der Waals surface area contributed by atoms with Gasteiger partial charge in [-0.1, -0.05) is 6.07 Å². The van der Waals surface area contributed by atoms with Gasteiger partial charge in [0.1, 0.15) is 0 Å². The highest BCUT2D eigenvalue weighted by atomic mass is 32.1. The fourth-order valence-electron chi connectivity index (χ4n) is 2.91. The van der Waals surface area contributed by atoms with Crippen LogP contribution in [-0.2, 0) is 6.54 Å². The molecule has 1 saturated heterocycles. The number of amides is 1. The summed E-state index contributed by atoms with van der Waals surface area (Å²) < 4.78 is 10.6. The number of carbonyl (C=O) groups is 1. The highest BCUT2D eigenvalue weighted by molar-refractivity contribution is 7.08. The third-order valence-electron chi connectivity index (χ3n) is 4.28. The summed E-state index contributed by atoms with van der Waals surface area (Å²) in [6.45, 7) is 4.14. The number of hydrogen-bond acceptors (Lipinski definition) is 5. The van der Waals surface area contributed by atoms with Gasteiger partial charge < -0.3 is 14.4 Å². The normalized spacial score (nSPS) is 15.3. The highest BCUT2D eigenvalue weighted by Crippen LogP contribution is 2.28. The first-order valence-electron chi connectivity index (χ1n) is 7.96. The summed E-state index contributed by atoms with van der Waals surface area (Å²) in [6, 6.07) is 7.90. The molecule has 24 heavy (non-hydrogen) atoms. The second-order valence-electron chi connectivity index (χ2n) is 5.77. The molecule has 1 aliphatic heterocycles. The Labute approximate surface area is 146 Å². The number of methoxy groups -OCH3 is 2. The molecule has 1 fully saturated rings. The summed E-state index contributed by atoms with van der Waals surface area (Å²) in [5.41, 5.74) is 1.98. The van der Waals surface area contributed by atoms with Crippen LogP contribution in [0.15, 0.2) is 35.0 Å². The molecule has 0 radical (unpaired) electrons. The van der Waals surface area contributed by atoms with Gasteiger partial charge in [-0.2, -0.15) is 11.3 Å². The minimum absolute atomic E-state index is 0.141. The molecule has 0 spiro atoms. The standard InChI is InChI=1S/C18H22N2O3S/c1-22-16-4-3-14(11-17(16)23-2)12-19-6-8-20(9-7-19)18(21)15-5-10-24-13-15/h3-5,10-11,13H,6-9,12H2,1-2H3. The van der Waals surface area contributed by atoms with Crippen molar-refractivity contribution >= 4 is 17.2 Å². The number of carbonyl (C=O) groups excluding carboxylic acids is 1. The van der Waals surface area contributed by atoms with Crippen LogP contribution in [-0.4, -0.2) is 56.1 Å². The topological polar surface area (TPSA) is 42.0 Å². The number of hydrogen-bond donors (Lipinski definition) is 0. The molecular formula is C18H22N2O3S. The van der Waals surface area contributed by atoms with E-state index in [1.165, 1.54) is 5.56 Å². The van der Waals surface area contributed by atoms with Crippen LogP contribution in [0.25, 0.3) is 0 Å². The van der Waals surface area contributed by atoms with Crippen LogP contribution < -0.4 is 9.47 Å². The summed E-state index contributed by atoms with van der Waals surface area (Å²) in [4.78, 5) is 16.7. The van der Waals surface area contributed by atoms with E-state index < -0.39 is 0 Å². The molecule has 2 aromatic rings. The molecule has 0 N–H and O–H groups in total. The molecule has 1 aromatic carbocycles. The van der Waals surface area contributed by atoms with Gasteiger partial charge in [-0.15, -0.1) is 0 Å². The van der Waals surface area contributed by atoms with Crippen molar-refractivity contribution in [3.63, 3.8) is 0 Å². The Balaban J connectivity index is 1.56. The molecule has 5 nitrogen and oxygen atoms in total. The van der Waals surface area contributed by atoms with Crippen molar-refractivity contribution in [2.24, 2.45) is 0 Å². The quantitative estimate of drug-likeness (QED) is 0.835. The first kappa shape index (κ1) is 16.8. The van der Waals surface area contributed by atoms with Crippen LogP contribution in [0.5, 0.6) is 11.5 Å². The zero-order valence-corrected chi connectivity index (χ0v) is 14.8. The Morgan fingerprint density at radius 2 is 1.83 bits per heavy atom. The maximum Gasteiger partial charge on any atom is 0.254 e. The Morgan fingerprint density at radius 3 is 2.46 bits per heavy atom. The van der Waals surface area contributed by atoms with Crippen molar-refractivity contribution in [3.8, 4) is 11.5 Å². The molecule has 128 valence electrons. The Hall–Kier alpha value is -2.05. The molecule has 1 amide bonds. The van der Waals surface area contributed by atoms with Crippen LogP contribution in [0.2, 0.25) is 0 Å². The minimum atomic E-state index is 0.141. The Bertz CT molecular complexity index is 680. The minimum Gasteiger partial charge on any atom is -0.493 e. The number of ether oxygens (including phenoxy) is 2. The molecule has 0 saturated carbocycles. The molecule has 0 aliphatic carbocycles. The van der Waals surface area contributed by atoms with Crippen LogP contribution in [0.1, 0.15) is 15.9 Å². The van der Waals surface area contributed by atoms with Crippen molar-refractivity contribution in [2.75, 3.05) is 40.4 Å². The van der Waals surface area contributed by atoms with Crippen LogP contribution in [0.3, 0.4) is 0 Å². The molecule has 0 unspecified atom stereocenters. The Morgan fingerprint density at radius 1 is 1.08 bits per heavy atom. The monoisotopic (exact) mass is 346 g/mol. The van der Waals surface area contributed by atoms with E-state index >= 15 is 0 Å². The third-order valence-corrected chi connectivity index (χ3v) is 4.96. The first-order valence-corrected chi connectivity index (χ1v) is 8.90. The van der Waals surface area contributed by atoms with Gasteiger partial charge in [0.2, 0.25) is 0 Å². The van der Waals surface area contributed by atoms with Gasteiger partial charge >= 0.3 is 0 Å². The van der Waals surface area contributed by atoms with E-state index in [0.29, 0.717) is 0 Å². The van der Waals surface area contributed by atoms with Crippen LogP contribution in [0.4, 0.5) is 0 Å². The highest BCUT2D eigenvalue weighted by Gasteiger charge is 2.22. The van der Waals surface area contributed by atoms with Gasteiger partial charge in [-0.3, -0.25) is 9.69 Å². The summed E-state index contributed by atoms with van der Waals surface area (Å²) in [5, 5.41) is 3.86. The van der Waals surface area contributed by atoms with Crippen LogP contribution >= 0.6 is 11.3 Å². The van der Waals surface area contributed by atoms with Gasteiger partial charge in [-0.05, 0) is 29.1 Å². The van der Waals surface area contributed by atoms with Crippen molar-refractivity contribution in [3.05, 3.63) is 46.2 Å². The van der Waals surface area contributed by atoms with Gasteiger partial charge in [0.15, 0.2) is 11.5 Å². The van der Waals surface area contributed by atoms with E-state index in [1.807, 2.05) is 33.9 Å². The lowest BCUT2D eigenvalue weighted by atomic mass is 10.1. The molecule has 3 rings (SSSR count). The lowest BCUT2D eigenvalue weighted by Gasteiger charge is -2.34. The molecule has 1 aliphatic rings. The molecule has 2 heterocycles. The lowest BCUT2D eigenvalue weighted by molar-refractivity contribution is 0.0629. The molecule has 0 atom stereocenters. The smallest absolute Gasteiger partial charge is 0.254 e. The van der Waals surface area contributed by atoms with Crippen molar-refractivity contribution in [1.29, 1.82) is 0 Å². The van der Waals surface area contributed by atoms with E-state index in [1.54, 1.807) is 25.6 Å². The fraction of sp³-hybridized carbons (Fsp3) is 0.389. The van der Waals surface area contributed by atoms with Crippen molar-refractivity contribution in [2.45, 2.75) is 6.54 Å². The number of thiophene rings is 1. The second-order valence-corrected chi connectivity index (χ2v) is 6.55. The van der Waals surface area contributed by atoms with E-state index in [2.05, 4.69) is 11.0 Å². The van der Waals surface area contributed by atoms with Gasteiger partial charge in [0.05, 0.1) is 19.8 Å². The van der Waals surface area contributed by atoms with E-state index in [4.69, 9.17) is 9.47 Å². The molecule has 1 aromatic heterocycles. The number of nitrogens with zero attached hydrogens (tertiary/aromatic N) is 2. The fourth-order valence-corrected chi connectivity index (χ4v) is 3.54. The van der Waals surface area contributed by atoms with Crippen molar-refractivity contribution < 1.29 is 14.3 Å². The summed E-state index contributed by atoms with van der Waals surface area (Å²) >= 11 is 1.56. The number of benzene rings is 1. The second kappa shape index (κ2) is 7.68. The predicted molar refractivity (Wildman–Crippen MR) is 95.0 cm³/mol. The summed E-state index contributed by atoms with van der Waals surface area (Å²) in [5.74, 6) is 1.63. The third kappa shape index (κ3) is 3.71. The Kier molecular flexibility index (Phi) is 5.37. The average Bonchev–Trinajstić information content (AvgIpc) is 3.16. The lowest BCUT2D eigenvalue weighted by Crippen LogP contribution is -2.48. The number of piperazine rings is 1. The zero-order valence-electron chi connectivity index (χ0n) is 14.0. The average molecular weight is 346 g/mol. The first-order chi connectivity index (χ1) is 11.7. The van der Waals surface area contributed by atoms with E-state index in [0.717, 1.165) is 49.8 Å². The molecular weight excluding hydrogens is 324 g/mol. The summed E-state index contributed by atoms with van der Waals surface area (Å²) in [7, 11) is 3.29. The molecule has 6 heteroatoms. The molecule has 0 bridgehead atoms. The number of rotatable bonds is 5. The zero-order chi connectivity index (χ0) is 16.9.